The Morgan fingerprint density at radius 3 is 2.74 bits per heavy atom. The molecule has 0 radical (unpaired) electrons. The molecule has 0 unspecified atom stereocenters. The minimum absolute atomic E-state index is 0.229. The summed E-state index contributed by atoms with van der Waals surface area (Å²) in [5.74, 6) is 2.60. The third-order valence-electron chi connectivity index (χ3n) is 3.64. The van der Waals surface area contributed by atoms with Crippen molar-refractivity contribution in [1.82, 2.24) is 9.97 Å². The molecule has 0 fully saturated rings. The van der Waals surface area contributed by atoms with Gasteiger partial charge in [0.15, 0.2) is 11.6 Å². The van der Waals surface area contributed by atoms with Gasteiger partial charge in [-0.05, 0) is 6.42 Å². The van der Waals surface area contributed by atoms with E-state index in [4.69, 9.17) is 15.2 Å². The molecular weight excluding hydrogens is 292 g/mol. The molecule has 0 amide bonds. The molecule has 0 bridgehead atoms. The molecule has 0 aromatic carbocycles. The average molecular weight is 322 g/mol. The number of nitrogens with zero attached hydrogens (tertiary/aromatic N) is 2. The molecule has 6 nitrogen and oxygen atoms in total. The number of rotatable bonds is 11. The summed E-state index contributed by atoms with van der Waals surface area (Å²) >= 11 is 0. The standard InChI is InChI=1S/C17H30N4O2/c1-6-7-8-14(9-10-23-13(4)12(2)3)20-16-15(22-5)11-19-17(18)21-16/h11-12,14H,4,6-10H2,1-3,5H3,(H3,18,19,20,21)/t14-/m0/s1. The van der Waals surface area contributed by atoms with Crippen molar-refractivity contribution in [2.45, 2.75) is 52.5 Å². The lowest BCUT2D eigenvalue weighted by atomic mass is 10.1. The highest BCUT2D eigenvalue weighted by atomic mass is 16.5. The van der Waals surface area contributed by atoms with Gasteiger partial charge in [-0.3, -0.25) is 0 Å². The monoisotopic (exact) mass is 322 g/mol. The number of hydrogen-bond donors (Lipinski definition) is 2. The van der Waals surface area contributed by atoms with E-state index in [9.17, 15) is 0 Å². The number of unbranched alkanes of at least 4 members (excludes halogenated alkanes) is 1. The molecule has 130 valence electrons. The summed E-state index contributed by atoms with van der Waals surface area (Å²) in [7, 11) is 1.59. The van der Waals surface area contributed by atoms with Crippen LogP contribution in [0, 0.1) is 5.92 Å². The molecule has 0 aliphatic carbocycles. The van der Waals surface area contributed by atoms with E-state index in [0.29, 0.717) is 24.1 Å². The quantitative estimate of drug-likeness (QED) is 0.606. The Labute approximate surface area is 139 Å². The molecule has 0 saturated carbocycles. The van der Waals surface area contributed by atoms with Crippen molar-refractivity contribution in [2.24, 2.45) is 5.92 Å². The fourth-order valence-corrected chi connectivity index (χ4v) is 2.07. The fourth-order valence-electron chi connectivity index (χ4n) is 2.07. The minimum Gasteiger partial charge on any atom is -0.498 e. The first-order chi connectivity index (χ1) is 11.0. The Morgan fingerprint density at radius 2 is 2.13 bits per heavy atom. The lowest BCUT2D eigenvalue weighted by molar-refractivity contribution is 0.178. The van der Waals surface area contributed by atoms with E-state index in [-0.39, 0.29) is 12.0 Å². The van der Waals surface area contributed by atoms with Gasteiger partial charge in [-0.15, -0.1) is 0 Å². The predicted molar refractivity (Wildman–Crippen MR) is 94.5 cm³/mol. The van der Waals surface area contributed by atoms with Gasteiger partial charge < -0.3 is 20.5 Å². The van der Waals surface area contributed by atoms with Crippen LogP contribution >= 0.6 is 0 Å². The predicted octanol–water partition coefficient (Wildman–Crippen LogP) is 3.61. The number of ether oxygens (including phenoxy) is 2. The molecule has 23 heavy (non-hydrogen) atoms. The SMILES string of the molecule is C=C(OCC[C@H](CCCC)Nc1nc(N)ncc1OC)C(C)C. The molecule has 0 aliphatic rings. The van der Waals surface area contributed by atoms with Crippen LogP contribution in [-0.2, 0) is 4.74 Å². The van der Waals surface area contributed by atoms with Gasteiger partial charge in [0.25, 0.3) is 0 Å². The van der Waals surface area contributed by atoms with Gasteiger partial charge in [0.2, 0.25) is 5.95 Å². The number of methoxy groups -OCH3 is 1. The number of nitrogens with one attached hydrogen (secondary N) is 1. The van der Waals surface area contributed by atoms with Crippen molar-refractivity contribution in [1.29, 1.82) is 0 Å². The smallest absolute Gasteiger partial charge is 0.222 e. The molecule has 0 spiro atoms. The summed E-state index contributed by atoms with van der Waals surface area (Å²) in [4.78, 5) is 8.19. The minimum atomic E-state index is 0.229. The van der Waals surface area contributed by atoms with E-state index in [0.717, 1.165) is 31.4 Å². The van der Waals surface area contributed by atoms with Crippen LogP contribution in [0.4, 0.5) is 11.8 Å². The molecule has 1 aromatic heterocycles. The zero-order valence-corrected chi connectivity index (χ0v) is 14.8. The first-order valence-corrected chi connectivity index (χ1v) is 8.22. The number of nitrogen functional groups attached to an aromatic ring is 1. The van der Waals surface area contributed by atoms with Gasteiger partial charge in [-0.2, -0.15) is 4.98 Å². The van der Waals surface area contributed by atoms with Crippen LogP contribution in [0.5, 0.6) is 5.75 Å². The third-order valence-corrected chi connectivity index (χ3v) is 3.64. The summed E-state index contributed by atoms with van der Waals surface area (Å²) in [6, 6.07) is 0.234. The molecule has 0 saturated heterocycles. The van der Waals surface area contributed by atoms with Crippen LogP contribution in [0.15, 0.2) is 18.5 Å². The Kier molecular flexibility index (Phi) is 8.22. The average Bonchev–Trinajstić information content (AvgIpc) is 2.52. The molecule has 1 aromatic rings. The largest absolute Gasteiger partial charge is 0.498 e. The second-order valence-electron chi connectivity index (χ2n) is 5.89. The first-order valence-electron chi connectivity index (χ1n) is 8.22. The van der Waals surface area contributed by atoms with Gasteiger partial charge in [-0.25, -0.2) is 4.98 Å². The van der Waals surface area contributed by atoms with Crippen LogP contribution in [-0.4, -0.2) is 29.7 Å². The van der Waals surface area contributed by atoms with Crippen molar-refractivity contribution in [3.63, 3.8) is 0 Å². The number of aromatic nitrogens is 2. The van der Waals surface area contributed by atoms with E-state index < -0.39 is 0 Å². The second-order valence-corrected chi connectivity index (χ2v) is 5.89. The number of hydrogen-bond acceptors (Lipinski definition) is 6. The molecule has 3 N–H and O–H groups in total. The van der Waals surface area contributed by atoms with Gasteiger partial charge in [0.1, 0.15) is 0 Å². The topological polar surface area (TPSA) is 82.3 Å². The maximum absolute atomic E-state index is 5.71. The van der Waals surface area contributed by atoms with E-state index in [1.54, 1.807) is 13.3 Å². The van der Waals surface area contributed by atoms with Gasteiger partial charge in [0.05, 0.1) is 25.7 Å². The Balaban J connectivity index is 2.67. The Hall–Kier alpha value is -1.98. The lowest BCUT2D eigenvalue weighted by Gasteiger charge is -2.21. The Bertz CT molecular complexity index is 491. The van der Waals surface area contributed by atoms with Crippen LogP contribution in [0.2, 0.25) is 0 Å². The zero-order valence-electron chi connectivity index (χ0n) is 14.8. The summed E-state index contributed by atoms with van der Waals surface area (Å²) < 4.78 is 11.0. The van der Waals surface area contributed by atoms with Crippen molar-refractivity contribution >= 4 is 11.8 Å². The fraction of sp³-hybridized carbons (Fsp3) is 0.647. The van der Waals surface area contributed by atoms with Crippen molar-refractivity contribution in [3.8, 4) is 5.75 Å². The van der Waals surface area contributed by atoms with E-state index >= 15 is 0 Å². The third kappa shape index (κ3) is 6.76. The maximum Gasteiger partial charge on any atom is 0.222 e. The number of nitrogens with two attached hydrogens (primary N) is 1. The highest BCUT2D eigenvalue weighted by molar-refractivity contribution is 5.51. The van der Waals surface area contributed by atoms with E-state index in [2.05, 4.69) is 42.6 Å². The number of allylic oxidation sites excluding steroid dienone is 1. The summed E-state index contributed by atoms with van der Waals surface area (Å²) in [6.07, 6.45) is 5.74. The van der Waals surface area contributed by atoms with E-state index in [1.807, 2.05) is 0 Å². The van der Waals surface area contributed by atoms with Crippen LogP contribution in [0.25, 0.3) is 0 Å². The van der Waals surface area contributed by atoms with Crippen molar-refractivity contribution in [3.05, 3.63) is 18.5 Å². The van der Waals surface area contributed by atoms with Gasteiger partial charge in [0, 0.05) is 18.4 Å². The van der Waals surface area contributed by atoms with Crippen LogP contribution in [0.1, 0.15) is 46.5 Å². The first kappa shape index (κ1) is 19.1. The van der Waals surface area contributed by atoms with Crippen LogP contribution < -0.4 is 15.8 Å². The summed E-state index contributed by atoms with van der Waals surface area (Å²) in [5, 5.41) is 3.41. The van der Waals surface area contributed by atoms with Crippen molar-refractivity contribution in [2.75, 3.05) is 24.8 Å². The number of anilines is 2. The van der Waals surface area contributed by atoms with Gasteiger partial charge in [-0.1, -0.05) is 40.2 Å². The van der Waals surface area contributed by atoms with Gasteiger partial charge >= 0.3 is 0 Å². The maximum atomic E-state index is 5.71. The molecule has 1 heterocycles. The van der Waals surface area contributed by atoms with Crippen LogP contribution in [0.3, 0.4) is 0 Å². The molecule has 1 rings (SSSR count). The normalized spacial score (nSPS) is 12.0. The summed E-state index contributed by atoms with van der Waals surface area (Å²) in [6.45, 7) is 10.9. The van der Waals surface area contributed by atoms with Crippen molar-refractivity contribution < 1.29 is 9.47 Å². The molecule has 0 aliphatic heterocycles. The molecule has 6 heteroatoms. The molecule has 1 atom stereocenters. The lowest BCUT2D eigenvalue weighted by Crippen LogP contribution is -2.23. The Morgan fingerprint density at radius 1 is 1.39 bits per heavy atom. The zero-order chi connectivity index (χ0) is 17.2. The molecular formula is C17H30N4O2. The summed E-state index contributed by atoms with van der Waals surface area (Å²) in [5.41, 5.74) is 5.68. The highest BCUT2D eigenvalue weighted by Gasteiger charge is 2.14. The van der Waals surface area contributed by atoms with E-state index in [1.165, 1.54) is 0 Å². The highest BCUT2D eigenvalue weighted by Crippen LogP contribution is 2.23. The second kappa shape index (κ2) is 9.92.